The molecule has 2 aliphatic rings. The van der Waals surface area contributed by atoms with E-state index in [1.807, 2.05) is 12.1 Å². The van der Waals surface area contributed by atoms with E-state index in [1.54, 1.807) is 11.3 Å². The predicted molar refractivity (Wildman–Crippen MR) is 117 cm³/mol. The first-order valence-corrected chi connectivity index (χ1v) is 10.00. The molecular weight excluding hydrogens is 401 g/mol. The number of halogens is 2. The lowest BCUT2D eigenvalue weighted by atomic mass is 9.82. The quantitative estimate of drug-likeness (QED) is 0.738. The van der Waals surface area contributed by atoms with Gasteiger partial charge in [-0.05, 0) is 50.8 Å². The minimum absolute atomic E-state index is 0. The van der Waals surface area contributed by atoms with Gasteiger partial charge < -0.3 is 10.6 Å². The van der Waals surface area contributed by atoms with Crippen LogP contribution in [-0.4, -0.2) is 34.9 Å². The van der Waals surface area contributed by atoms with Gasteiger partial charge in [-0.1, -0.05) is 24.3 Å². The van der Waals surface area contributed by atoms with Crippen molar-refractivity contribution in [3.63, 3.8) is 0 Å². The number of nitrogens with zero attached hydrogens (tertiary/aromatic N) is 2. The van der Waals surface area contributed by atoms with E-state index in [9.17, 15) is 4.79 Å². The maximum absolute atomic E-state index is 13.3. The van der Waals surface area contributed by atoms with Gasteiger partial charge in [0.05, 0.1) is 21.1 Å². The van der Waals surface area contributed by atoms with Gasteiger partial charge in [-0.25, -0.2) is 4.98 Å². The molecule has 2 aromatic rings. The van der Waals surface area contributed by atoms with Crippen molar-refractivity contribution in [1.29, 1.82) is 0 Å². The number of fused-ring (bicyclic) bond motifs is 1. The van der Waals surface area contributed by atoms with Crippen molar-refractivity contribution in [3.8, 4) is 0 Å². The SMILES string of the molecule is CC1CC(CN)CN1C(=O)C1CC=CCC1c1nc2ccccc2s1.Cl.Cl. The van der Waals surface area contributed by atoms with Crippen LogP contribution < -0.4 is 5.73 Å². The Labute approximate surface area is 177 Å². The standard InChI is InChI=1S/C20H25N3OS.2ClH/c1-13-10-14(11-21)12-23(13)20(24)16-7-3-2-6-15(16)19-22-17-8-4-5-9-18(17)25-19;;/h2-5,8-9,13-16H,6-7,10-12,21H2,1H3;2*1H. The fourth-order valence-electron chi connectivity index (χ4n) is 4.24. The molecule has 1 aromatic carbocycles. The molecule has 4 atom stereocenters. The number of para-hydroxylation sites is 1. The average molecular weight is 428 g/mol. The van der Waals surface area contributed by atoms with Crippen molar-refractivity contribution in [2.24, 2.45) is 17.6 Å². The van der Waals surface area contributed by atoms with Crippen LogP contribution >= 0.6 is 36.2 Å². The van der Waals surface area contributed by atoms with Crippen molar-refractivity contribution in [2.75, 3.05) is 13.1 Å². The molecule has 4 nitrogen and oxygen atoms in total. The number of hydrogen-bond donors (Lipinski definition) is 1. The number of allylic oxidation sites excluding steroid dienone is 2. The molecule has 0 bridgehead atoms. The Hall–Kier alpha value is -1.14. The molecule has 0 spiro atoms. The van der Waals surface area contributed by atoms with Crippen LogP contribution in [0.15, 0.2) is 36.4 Å². The number of likely N-dealkylation sites (tertiary alicyclic amines) is 1. The Bertz CT molecular complexity index is 776. The number of thiazole rings is 1. The lowest BCUT2D eigenvalue weighted by Crippen LogP contribution is -2.41. The molecule has 4 unspecified atom stereocenters. The van der Waals surface area contributed by atoms with Crippen molar-refractivity contribution < 1.29 is 4.79 Å². The highest BCUT2D eigenvalue weighted by Gasteiger charge is 2.39. The van der Waals surface area contributed by atoms with Crippen LogP contribution in [0.2, 0.25) is 0 Å². The normalized spacial score (nSPS) is 27.3. The fraction of sp³-hybridized carbons (Fsp3) is 0.500. The zero-order valence-electron chi connectivity index (χ0n) is 15.4. The summed E-state index contributed by atoms with van der Waals surface area (Å²) in [6.45, 7) is 3.63. The monoisotopic (exact) mass is 427 g/mol. The maximum atomic E-state index is 13.3. The van der Waals surface area contributed by atoms with E-state index in [-0.39, 0.29) is 42.6 Å². The highest BCUT2D eigenvalue weighted by atomic mass is 35.5. The number of amides is 1. The zero-order chi connectivity index (χ0) is 17.4. The molecule has 7 heteroatoms. The number of nitrogens with two attached hydrogens (primary N) is 1. The molecule has 1 fully saturated rings. The van der Waals surface area contributed by atoms with Crippen LogP contribution in [-0.2, 0) is 4.79 Å². The third kappa shape index (κ3) is 4.32. The Morgan fingerprint density at radius 3 is 2.70 bits per heavy atom. The number of hydrogen-bond acceptors (Lipinski definition) is 4. The van der Waals surface area contributed by atoms with Crippen molar-refractivity contribution in [3.05, 3.63) is 41.4 Å². The summed E-state index contributed by atoms with van der Waals surface area (Å²) in [5.41, 5.74) is 6.88. The summed E-state index contributed by atoms with van der Waals surface area (Å²) in [7, 11) is 0. The highest BCUT2D eigenvalue weighted by Crippen LogP contribution is 2.40. The molecule has 0 saturated carbocycles. The summed E-state index contributed by atoms with van der Waals surface area (Å²) >= 11 is 1.74. The van der Waals surface area contributed by atoms with Gasteiger partial charge in [0.15, 0.2) is 0 Å². The summed E-state index contributed by atoms with van der Waals surface area (Å²) < 4.78 is 1.20. The smallest absolute Gasteiger partial charge is 0.226 e. The summed E-state index contributed by atoms with van der Waals surface area (Å²) in [6.07, 6.45) is 7.11. The van der Waals surface area contributed by atoms with Crippen LogP contribution in [0.1, 0.15) is 37.1 Å². The largest absolute Gasteiger partial charge is 0.339 e. The van der Waals surface area contributed by atoms with Crippen LogP contribution in [0, 0.1) is 11.8 Å². The van der Waals surface area contributed by atoms with Gasteiger partial charge in [0, 0.05) is 18.5 Å². The van der Waals surface area contributed by atoms with E-state index in [1.165, 1.54) is 4.70 Å². The maximum Gasteiger partial charge on any atom is 0.226 e. The number of carbonyl (C=O) groups is 1. The van der Waals surface area contributed by atoms with E-state index in [2.05, 4.69) is 36.1 Å². The number of rotatable bonds is 3. The number of benzene rings is 1. The van der Waals surface area contributed by atoms with E-state index >= 15 is 0 Å². The van der Waals surface area contributed by atoms with Gasteiger partial charge in [0.2, 0.25) is 5.91 Å². The van der Waals surface area contributed by atoms with Crippen LogP contribution in [0.4, 0.5) is 0 Å². The first-order chi connectivity index (χ1) is 12.2. The third-order valence-electron chi connectivity index (χ3n) is 5.66. The fourth-order valence-corrected chi connectivity index (χ4v) is 5.39. The average Bonchev–Trinajstić information content (AvgIpc) is 3.24. The Morgan fingerprint density at radius 2 is 2.00 bits per heavy atom. The molecule has 2 heterocycles. The van der Waals surface area contributed by atoms with Crippen molar-refractivity contribution in [2.45, 2.75) is 38.1 Å². The summed E-state index contributed by atoms with van der Waals surface area (Å²) in [4.78, 5) is 20.2. The van der Waals surface area contributed by atoms with Gasteiger partial charge in [-0.3, -0.25) is 4.79 Å². The van der Waals surface area contributed by atoms with Crippen molar-refractivity contribution in [1.82, 2.24) is 9.88 Å². The molecule has 148 valence electrons. The first-order valence-electron chi connectivity index (χ1n) is 9.18. The summed E-state index contributed by atoms with van der Waals surface area (Å²) in [5.74, 6) is 0.930. The van der Waals surface area contributed by atoms with Crippen molar-refractivity contribution >= 4 is 52.3 Å². The van der Waals surface area contributed by atoms with Gasteiger partial charge in [0.1, 0.15) is 0 Å². The van der Waals surface area contributed by atoms with Gasteiger partial charge in [-0.15, -0.1) is 36.2 Å². The number of carbonyl (C=O) groups excluding carboxylic acids is 1. The Balaban J connectivity index is 0.00000131. The van der Waals surface area contributed by atoms with Crippen LogP contribution in [0.5, 0.6) is 0 Å². The van der Waals surface area contributed by atoms with Gasteiger partial charge >= 0.3 is 0 Å². The molecule has 1 aromatic heterocycles. The second-order valence-corrected chi connectivity index (χ2v) is 8.41. The van der Waals surface area contributed by atoms with Gasteiger partial charge in [0.25, 0.3) is 0 Å². The molecule has 1 saturated heterocycles. The lowest BCUT2D eigenvalue weighted by molar-refractivity contribution is -0.137. The van der Waals surface area contributed by atoms with E-state index in [4.69, 9.17) is 10.7 Å². The minimum atomic E-state index is 0. The molecule has 1 aliphatic carbocycles. The second-order valence-electron chi connectivity index (χ2n) is 7.35. The van der Waals surface area contributed by atoms with E-state index < -0.39 is 0 Å². The molecular formula is C20H27Cl2N3OS. The molecule has 1 aliphatic heterocycles. The Kier molecular flexibility index (Phi) is 7.69. The van der Waals surface area contributed by atoms with E-state index in [0.29, 0.717) is 18.5 Å². The van der Waals surface area contributed by atoms with Crippen LogP contribution in [0.3, 0.4) is 0 Å². The van der Waals surface area contributed by atoms with Crippen LogP contribution in [0.25, 0.3) is 10.2 Å². The predicted octanol–water partition coefficient (Wildman–Crippen LogP) is 4.39. The third-order valence-corrected chi connectivity index (χ3v) is 6.82. The second kappa shape index (κ2) is 9.37. The molecule has 2 N–H and O–H groups in total. The first kappa shape index (κ1) is 22.2. The number of aromatic nitrogens is 1. The zero-order valence-corrected chi connectivity index (χ0v) is 17.9. The topological polar surface area (TPSA) is 59.2 Å². The molecule has 27 heavy (non-hydrogen) atoms. The molecule has 0 radical (unpaired) electrons. The van der Waals surface area contributed by atoms with Gasteiger partial charge in [-0.2, -0.15) is 0 Å². The highest BCUT2D eigenvalue weighted by molar-refractivity contribution is 7.18. The molecule has 4 rings (SSSR count). The minimum Gasteiger partial charge on any atom is -0.339 e. The Morgan fingerprint density at radius 1 is 1.26 bits per heavy atom. The summed E-state index contributed by atoms with van der Waals surface area (Å²) in [6, 6.07) is 8.53. The lowest BCUT2D eigenvalue weighted by Gasteiger charge is -2.32. The molecule has 1 amide bonds. The summed E-state index contributed by atoms with van der Waals surface area (Å²) in [5, 5.41) is 1.10. The van der Waals surface area contributed by atoms with E-state index in [0.717, 1.165) is 36.3 Å².